The van der Waals surface area contributed by atoms with Gasteiger partial charge < -0.3 is 9.47 Å². The molecule has 1 aliphatic heterocycles. The monoisotopic (exact) mass is 241 g/mol. The second-order valence-corrected chi connectivity index (χ2v) is 4.11. The van der Waals surface area contributed by atoms with Crippen LogP contribution in [0.25, 0.3) is 0 Å². The van der Waals surface area contributed by atoms with Crippen molar-refractivity contribution in [2.45, 2.75) is 25.8 Å². The van der Waals surface area contributed by atoms with Crippen LogP contribution in [-0.4, -0.2) is 50.2 Å². The van der Waals surface area contributed by atoms with Gasteiger partial charge in [0.15, 0.2) is 0 Å². The van der Waals surface area contributed by atoms with E-state index in [4.69, 9.17) is 4.74 Å². The van der Waals surface area contributed by atoms with Crippen LogP contribution in [0.3, 0.4) is 0 Å². The van der Waals surface area contributed by atoms with Gasteiger partial charge in [0.1, 0.15) is 6.04 Å². The van der Waals surface area contributed by atoms with Crippen molar-refractivity contribution in [2.75, 3.05) is 27.3 Å². The van der Waals surface area contributed by atoms with Gasteiger partial charge in [-0.1, -0.05) is 11.6 Å². The molecule has 0 radical (unpaired) electrons. The molecule has 1 unspecified atom stereocenters. The second-order valence-electron chi connectivity index (χ2n) is 4.11. The molecule has 1 heterocycles. The highest BCUT2D eigenvalue weighted by molar-refractivity contribution is 5.82. The highest BCUT2D eigenvalue weighted by Gasteiger charge is 2.30. The molecule has 1 atom stereocenters. The fraction of sp³-hybridized carbons (Fsp3) is 0.667. The van der Waals surface area contributed by atoms with E-state index in [9.17, 15) is 9.59 Å². The highest BCUT2D eigenvalue weighted by Crippen LogP contribution is 2.15. The summed E-state index contributed by atoms with van der Waals surface area (Å²) in [7, 11) is 2.65. The van der Waals surface area contributed by atoms with E-state index in [0.29, 0.717) is 6.54 Å². The summed E-state index contributed by atoms with van der Waals surface area (Å²) in [6.45, 7) is 3.49. The van der Waals surface area contributed by atoms with Gasteiger partial charge in [0.05, 0.1) is 20.6 Å². The Morgan fingerprint density at radius 3 is 2.59 bits per heavy atom. The Kier molecular flexibility index (Phi) is 5.15. The molecule has 5 heteroatoms. The molecule has 1 aliphatic rings. The number of esters is 2. The van der Waals surface area contributed by atoms with Crippen LogP contribution in [0.5, 0.6) is 0 Å². The number of nitrogens with zero attached hydrogens (tertiary/aromatic N) is 1. The Hall–Kier alpha value is -1.36. The van der Waals surface area contributed by atoms with Crippen molar-refractivity contribution in [3.63, 3.8) is 0 Å². The standard InChI is InChI=1S/C12H19NO4/c1-9-4-6-13(7-5-9)10(12(15)17-3)8-11(14)16-2/h4,10H,5-8H2,1-3H3. The van der Waals surface area contributed by atoms with Crippen LogP contribution in [0.15, 0.2) is 11.6 Å². The van der Waals surface area contributed by atoms with E-state index >= 15 is 0 Å². The van der Waals surface area contributed by atoms with E-state index in [1.165, 1.54) is 19.8 Å². The molecular weight excluding hydrogens is 222 g/mol. The molecule has 0 aromatic carbocycles. The van der Waals surface area contributed by atoms with Gasteiger partial charge in [-0.3, -0.25) is 14.5 Å². The van der Waals surface area contributed by atoms with Gasteiger partial charge in [-0.25, -0.2) is 0 Å². The third-order valence-electron chi connectivity index (χ3n) is 2.97. The molecule has 17 heavy (non-hydrogen) atoms. The van der Waals surface area contributed by atoms with Gasteiger partial charge in [0.2, 0.25) is 0 Å². The van der Waals surface area contributed by atoms with Crippen molar-refractivity contribution in [3.8, 4) is 0 Å². The van der Waals surface area contributed by atoms with Gasteiger partial charge in [-0.05, 0) is 13.3 Å². The lowest BCUT2D eigenvalue weighted by atomic mass is 10.1. The van der Waals surface area contributed by atoms with Crippen molar-refractivity contribution < 1.29 is 19.1 Å². The number of carbonyl (C=O) groups is 2. The summed E-state index contributed by atoms with van der Waals surface area (Å²) in [4.78, 5) is 24.9. The molecule has 0 N–H and O–H groups in total. The number of hydrogen-bond donors (Lipinski definition) is 0. The Bertz CT molecular complexity index is 324. The lowest BCUT2D eigenvalue weighted by Crippen LogP contribution is -2.45. The molecular formula is C12H19NO4. The summed E-state index contributed by atoms with van der Waals surface area (Å²) >= 11 is 0. The summed E-state index contributed by atoms with van der Waals surface area (Å²) in [6.07, 6.45) is 3.02. The summed E-state index contributed by atoms with van der Waals surface area (Å²) in [6, 6.07) is -0.545. The van der Waals surface area contributed by atoms with Gasteiger partial charge >= 0.3 is 11.9 Å². The second kappa shape index (κ2) is 6.39. The first kappa shape index (κ1) is 13.7. The molecule has 5 nitrogen and oxygen atoms in total. The SMILES string of the molecule is COC(=O)CC(C(=O)OC)N1CC=C(C)CC1. The first-order valence-electron chi connectivity index (χ1n) is 5.62. The quantitative estimate of drug-likeness (QED) is 0.537. The van der Waals surface area contributed by atoms with Crippen LogP contribution < -0.4 is 0 Å². The van der Waals surface area contributed by atoms with E-state index in [1.54, 1.807) is 0 Å². The number of rotatable bonds is 4. The average Bonchev–Trinajstić information content (AvgIpc) is 2.36. The van der Waals surface area contributed by atoms with Crippen molar-refractivity contribution in [1.29, 1.82) is 0 Å². The van der Waals surface area contributed by atoms with Gasteiger partial charge in [0.25, 0.3) is 0 Å². The largest absolute Gasteiger partial charge is 0.469 e. The minimum Gasteiger partial charge on any atom is -0.469 e. The molecule has 0 amide bonds. The molecule has 0 fully saturated rings. The van der Waals surface area contributed by atoms with Crippen LogP contribution in [0.4, 0.5) is 0 Å². The molecule has 0 aromatic rings. The summed E-state index contributed by atoms with van der Waals surface area (Å²) < 4.78 is 9.33. The van der Waals surface area contributed by atoms with Crippen LogP contribution in [-0.2, 0) is 19.1 Å². The maximum Gasteiger partial charge on any atom is 0.323 e. The van der Waals surface area contributed by atoms with E-state index in [0.717, 1.165) is 13.0 Å². The van der Waals surface area contributed by atoms with Crippen LogP contribution in [0, 0.1) is 0 Å². The van der Waals surface area contributed by atoms with Crippen molar-refractivity contribution in [3.05, 3.63) is 11.6 Å². The summed E-state index contributed by atoms with van der Waals surface area (Å²) in [5.41, 5.74) is 1.31. The molecule has 0 saturated heterocycles. The smallest absolute Gasteiger partial charge is 0.323 e. The number of methoxy groups -OCH3 is 2. The van der Waals surface area contributed by atoms with Crippen molar-refractivity contribution in [2.24, 2.45) is 0 Å². The van der Waals surface area contributed by atoms with Gasteiger partial charge in [-0.2, -0.15) is 0 Å². The fourth-order valence-corrected chi connectivity index (χ4v) is 1.81. The molecule has 0 aromatic heterocycles. The molecule has 0 aliphatic carbocycles. The Morgan fingerprint density at radius 1 is 1.41 bits per heavy atom. The van der Waals surface area contributed by atoms with Crippen molar-refractivity contribution >= 4 is 11.9 Å². The normalized spacial score (nSPS) is 18.2. The highest BCUT2D eigenvalue weighted by atomic mass is 16.5. The third-order valence-corrected chi connectivity index (χ3v) is 2.97. The molecule has 96 valence electrons. The number of ether oxygens (including phenoxy) is 2. The van der Waals surface area contributed by atoms with E-state index < -0.39 is 12.0 Å². The molecule has 0 spiro atoms. The topological polar surface area (TPSA) is 55.8 Å². The summed E-state index contributed by atoms with van der Waals surface area (Å²) in [5, 5.41) is 0. The lowest BCUT2D eigenvalue weighted by molar-refractivity contribution is -0.153. The van der Waals surface area contributed by atoms with Crippen LogP contribution >= 0.6 is 0 Å². The fourth-order valence-electron chi connectivity index (χ4n) is 1.81. The first-order valence-corrected chi connectivity index (χ1v) is 5.62. The average molecular weight is 241 g/mol. The van der Waals surface area contributed by atoms with Crippen LogP contribution in [0.1, 0.15) is 19.8 Å². The van der Waals surface area contributed by atoms with Gasteiger partial charge in [0, 0.05) is 13.1 Å². The van der Waals surface area contributed by atoms with E-state index in [-0.39, 0.29) is 12.4 Å². The summed E-state index contributed by atoms with van der Waals surface area (Å²) in [5.74, 6) is -0.782. The van der Waals surface area contributed by atoms with Crippen molar-refractivity contribution in [1.82, 2.24) is 4.90 Å². The minimum absolute atomic E-state index is 0.0378. The zero-order valence-electron chi connectivity index (χ0n) is 10.6. The number of carbonyl (C=O) groups excluding carboxylic acids is 2. The molecule has 0 saturated carbocycles. The van der Waals surface area contributed by atoms with E-state index in [2.05, 4.69) is 17.7 Å². The lowest BCUT2D eigenvalue weighted by Gasteiger charge is -2.31. The maximum absolute atomic E-state index is 11.7. The van der Waals surface area contributed by atoms with E-state index in [1.807, 2.05) is 4.90 Å². The maximum atomic E-state index is 11.7. The zero-order valence-corrected chi connectivity index (χ0v) is 10.6. The third kappa shape index (κ3) is 3.85. The van der Waals surface area contributed by atoms with Crippen LogP contribution in [0.2, 0.25) is 0 Å². The molecule has 0 bridgehead atoms. The minimum atomic E-state index is -0.545. The first-order chi connectivity index (χ1) is 8.08. The van der Waals surface area contributed by atoms with Gasteiger partial charge in [-0.15, -0.1) is 0 Å². The Labute approximate surface area is 101 Å². The predicted molar refractivity (Wildman–Crippen MR) is 62.4 cm³/mol. The Morgan fingerprint density at radius 2 is 2.12 bits per heavy atom. The number of hydrogen-bond acceptors (Lipinski definition) is 5. The predicted octanol–water partition coefficient (Wildman–Crippen LogP) is 0.743. The molecule has 1 rings (SSSR count). The Balaban J connectivity index is 2.69. The zero-order chi connectivity index (χ0) is 12.8.